The highest BCUT2D eigenvalue weighted by molar-refractivity contribution is 5.95. The maximum atomic E-state index is 13.2. The molecule has 1 aromatic rings. The fourth-order valence-electron chi connectivity index (χ4n) is 4.00. The Hall–Kier alpha value is -2.65. The van der Waals surface area contributed by atoms with Gasteiger partial charge >= 0.3 is 5.97 Å². The third-order valence-corrected chi connectivity index (χ3v) is 5.84. The van der Waals surface area contributed by atoms with Crippen molar-refractivity contribution in [1.29, 1.82) is 0 Å². The van der Waals surface area contributed by atoms with Gasteiger partial charge in [-0.15, -0.1) is 0 Å². The molecule has 2 amide bonds. The lowest BCUT2D eigenvalue weighted by atomic mass is 10.0. The van der Waals surface area contributed by atoms with Gasteiger partial charge < -0.3 is 24.4 Å². The van der Waals surface area contributed by atoms with Gasteiger partial charge in [0.15, 0.2) is 12.2 Å². The molecule has 0 radical (unpaired) electrons. The quantitative estimate of drug-likeness (QED) is 0.413. The Morgan fingerprint density at radius 2 is 1.76 bits per heavy atom. The monoisotopic (exact) mass is 461 g/mol. The van der Waals surface area contributed by atoms with Crippen LogP contribution in [-0.2, 0) is 30.4 Å². The van der Waals surface area contributed by atoms with Crippen LogP contribution in [0.5, 0.6) is 5.75 Å². The molecule has 3 unspecified atom stereocenters. The van der Waals surface area contributed by atoms with E-state index in [4.69, 9.17) is 14.2 Å². The number of epoxide rings is 1. The van der Waals surface area contributed by atoms with Crippen molar-refractivity contribution in [3.05, 3.63) is 29.8 Å². The molecule has 0 bridgehead atoms. The van der Waals surface area contributed by atoms with Gasteiger partial charge in [0.1, 0.15) is 11.8 Å². The first-order valence-electron chi connectivity index (χ1n) is 11.6. The summed E-state index contributed by atoms with van der Waals surface area (Å²) in [6, 6.07) is 7.36. The molecule has 33 heavy (non-hydrogen) atoms. The van der Waals surface area contributed by atoms with Gasteiger partial charge in [0, 0.05) is 32.7 Å². The summed E-state index contributed by atoms with van der Waals surface area (Å²) >= 11 is 0. The van der Waals surface area contributed by atoms with Gasteiger partial charge in [-0.1, -0.05) is 26.0 Å². The molecule has 3 rings (SSSR count). The molecule has 0 saturated carbocycles. The first-order chi connectivity index (χ1) is 15.8. The number of esters is 1. The maximum Gasteiger partial charge on any atom is 0.338 e. The summed E-state index contributed by atoms with van der Waals surface area (Å²) in [4.78, 5) is 41.7. The van der Waals surface area contributed by atoms with Crippen LogP contribution in [0.1, 0.15) is 32.8 Å². The zero-order valence-corrected chi connectivity index (χ0v) is 19.9. The Balaban J connectivity index is 1.51. The normalized spacial score (nSPS) is 21.4. The minimum Gasteiger partial charge on any atom is -0.497 e. The van der Waals surface area contributed by atoms with E-state index >= 15 is 0 Å². The van der Waals surface area contributed by atoms with Crippen LogP contribution >= 0.6 is 0 Å². The average molecular weight is 462 g/mol. The van der Waals surface area contributed by atoms with Crippen LogP contribution in [0, 0.1) is 5.92 Å². The molecule has 0 aliphatic carbocycles. The van der Waals surface area contributed by atoms with Crippen molar-refractivity contribution in [3.63, 3.8) is 0 Å². The molecule has 0 spiro atoms. The number of carbonyl (C=O) groups excluding carboxylic acids is 3. The van der Waals surface area contributed by atoms with Crippen molar-refractivity contribution in [3.8, 4) is 5.75 Å². The molecule has 0 aromatic heterocycles. The Morgan fingerprint density at radius 3 is 2.33 bits per heavy atom. The van der Waals surface area contributed by atoms with Crippen molar-refractivity contribution in [2.24, 2.45) is 5.92 Å². The number of hydrogen-bond donors (Lipinski definition) is 1. The number of hydrogen-bond acceptors (Lipinski definition) is 7. The van der Waals surface area contributed by atoms with E-state index in [1.54, 1.807) is 14.0 Å². The minimum atomic E-state index is -0.882. The summed E-state index contributed by atoms with van der Waals surface area (Å²) in [6.45, 7) is 9.48. The number of piperazine rings is 1. The summed E-state index contributed by atoms with van der Waals surface area (Å²) in [7, 11) is 1.65. The number of rotatable bonds is 10. The topological polar surface area (TPSA) is 101 Å². The first kappa shape index (κ1) is 25.0. The van der Waals surface area contributed by atoms with Crippen molar-refractivity contribution in [1.82, 2.24) is 15.1 Å². The number of nitrogens with one attached hydrogen (secondary N) is 1. The number of carbonyl (C=O) groups is 3. The number of benzene rings is 1. The van der Waals surface area contributed by atoms with Crippen LogP contribution in [0.25, 0.3) is 0 Å². The number of amides is 2. The Morgan fingerprint density at radius 1 is 1.09 bits per heavy atom. The third kappa shape index (κ3) is 6.91. The Kier molecular flexibility index (Phi) is 8.68. The minimum absolute atomic E-state index is 0.0884. The smallest absolute Gasteiger partial charge is 0.338 e. The second-order valence-corrected chi connectivity index (χ2v) is 8.87. The standard InChI is InChI=1S/C24H35N3O6/c1-5-32-24(30)21-20(33-21)22(28)25-19(14-16(2)3)23(29)27-12-10-26(11-13-27)15-17-6-8-18(31-4)9-7-17/h6-9,16,19-21H,5,10-15H2,1-4H3,(H,25,28). The van der Waals surface area contributed by atoms with Crippen LogP contribution in [0.15, 0.2) is 24.3 Å². The molecule has 3 atom stereocenters. The number of methoxy groups -OCH3 is 1. The number of nitrogens with zero attached hydrogens (tertiary/aromatic N) is 2. The fraction of sp³-hybridized carbons (Fsp3) is 0.625. The van der Waals surface area contributed by atoms with Gasteiger partial charge in [0.2, 0.25) is 5.91 Å². The molecule has 2 aliphatic rings. The van der Waals surface area contributed by atoms with Crippen LogP contribution in [0.3, 0.4) is 0 Å². The van der Waals surface area contributed by atoms with Gasteiger partial charge in [0.05, 0.1) is 13.7 Å². The molecule has 2 heterocycles. The van der Waals surface area contributed by atoms with E-state index in [0.29, 0.717) is 19.5 Å². The van der Waals surface area contributed by atoms with Crippen LogP contribution in [-0.4, -0.2) is 85.7 Å². The second-order valence-electron chi connectivity index (χ2n) is 8.87. The molecule has 2 fully saturated rings. The summed E-state index contributed by atoms with van der Waals surface area (Å²) in [5.41, 5.74) is 1.20. The highest BCUT2D eigenvalue weighted by Crippen LogP contribution is 2.24. The van der Waals surface area contributed by atoms with E-state index in [2.05, 4.69) is 10.2 Å². The summed E-state index contributed by atoms with van der Waals surface area (Å²) in [6.07, 6.45) is -1.23. The SMILES string of the molecule is CCOC(=O)C1OC1C(=O)NC(CC(C)C)C(=O)N1CCN(Cc2ccc(OC)cc2)CC1. The number of ether oxygens (including phenoxy) is 3. The lowest BCUT2D eigenvalue weighted by Crippen LogP contribution is -2.55. The summed E-state index contributed by atoms with van der Waals surface area (Å²) in [5.74, 6) is -0.0220. The predicted octanol–water partition coefficient (Wildman–Crippen LogP) is 1.20. The van der Waals surface area contributed by atoms with Gasteiger partial charge in [-0.05, 0) is 37.0 Å². The summed E-state index contributed by atoms with van der Waals surface area (Å²) in [5, 5.41) is 2.81. The molecule has 2 saturated heterocycles. The van der Waals surface area contributed by atoms with Gasteiger partial charge in [-0.2, -0.15) is 0 Å². The molecule has 1 aromatic carbocycles. The zero-order valence-electron chi connectivity index (χ0n) is 19.9. The largest absolute Gasteiger partial charge is 0.497 e. The van der Waals surface area contributed by atoms with Gasteiger partial charge in [-0.25, -0.2) is 4.79 Å². The maximum absolute atomic E-state index is 13.2. The molecule has 182 valence electrons. The van der Waals surface area contributed by atoms with Crippen molar-refractivity contribution >= 4 is 17.8 Å². The van der Waals surface area contributed by atoms with E-state index in [0.717, 1.165) is 25.4 Å². The fourth-order valence-corrected chi connectivity index (χ4v) is 4.00. The molecule has 9 heteroatoms. The highest BCUT2D eigenvalue weighted by atomic mass is 16.6. The van der Waals surface area contributed by atoms with E-state index in [1.807, 2.05) is 43.0 Å². The van der Waals surface area contributed by atoms with E-state index < -0.39 is 30.1 Å². The lowest BCUT2D eigenvalue weighted by molar-refractivity contribution is -0.144. The van der Waals surface area contributed by atoms with E-state index in [1.165, 1.54) is 5.56 Å². The summed E-state index contributed by atoms with van der Waals surface area (Å²) < 4.78 is 15.3. The molecule has 2 aliphatic heterocycles. The Bertz CT molecular complexity index is 820. The van der Waals surface area contributed by atoms with Gasteiger partial charge in [0.25, 0.3) is 5.91 Å². The lowest BCUT2D eigenvalue weighted by Gasteiger charge is -2.36. The van der Waals surface area contributed by atoms with E-state index in [9.17, 15) is 14.4 Å². The van der Waals surface area contributed by atoms with Crippen LogP contribution in [0.2, 0.25) is 0 Å². The zero-order chi connectivity index (χ0) is 24.0. The molecule has 9 nitrogen and oxygen atoms in total. The van der Waals surface area contributed by atoms with E-state index in [-0.39, 0.29) is 18.4 Å². The van der Waals surface area contributed by atoms with Crippen LogP contribution in [0.4, 0.5) is 0 Å². The Labute approximate surface area is 195 Å². The highest BCUT2D eigenvalue weighted by Gasteiger charge is 2.52. The van der Waals surface area contributed by atoms with Crippen LogP contribution < -0.4 is 10.1 Å². The average Bonchev–Trinajstić information content (AvgIpc) is 3.60. The molecule has 1 N–H and O–H groups in total. The van der Waals surface area contributed by atoms with Crippen molar-refractivity contribution in [2.45, 2.75) is 52.0 Å². The molecular weight excluding hydrogens is 426 g/mol. The second kappa shape index (κ2) is 11.5. The van der Waals surface area contributed by atoms with Gasteiger partial charge in [-0.3, -0.25) is 14.5 Å². The first-order valence-corrected chi connectivity index (χ1v) is 11.6. The molecular formula is C24H35N3O6. The van der Waals surface area contributed by atoms with Crippen molar-refractivity contribution < 1.29 is 28.6 Å². The third-order valence-electron chi connectivity index (χ3n) is 5.84. The predicted molar refractivity (Wildman–Crippen MR) is 122 cm³/mol. The van der Waals surface area contributed by atoms with Crippen molar-refractivity contribution in [2.75, 3.05) is 39.9 Å².